The SMILES string of the molecule is CC(C)[C@H](c1ncnn1C)n1cnc2c(F)cccc2c1=O. The first-order chi connectivity index (χ1) is 10.5. The fraction of sp³-hybridized carbons (Fsp3) is 0.333. The third-order valence-electron chi connectivity index (χ3n) is 3.71. The van der Waals surface area contributed by atoms with Crippen LogP contribution in [0.3, 0.4) is 0 Å². The molecule has 3 aromatic rings. The number of aryl methyl sites for hydroxylation is 1. The minimum atomic E-state index is -0.499. The third kappa shape index (κ3) is 2.18. The highest BCUT2D eigenvalue weighted by Gasteiger charge is 2.24. The number of fused-ring (bicyclic) bond motifs is 1. The van der Waals surface area contributed by atoms with Crippen molar-refractivity contribution in [3.05, 3.63) is 52.8 Å². The molecule has 0 unspecified atom stereocenters. The second kappa shape index (κ2) is 5.32. The van der Waals surface area contributed by atoms with Gasteiger partial charge in [0.2, 0.25) is 0 Å². The zero-order valence-corrected chi connectivity index (χ0v) is 12.6. The number of para-hydroxylation sites is 1. The molecule has 1 aromatic carbocycles. The molecule has 3 rings (SSSR count). The number of aromatic nitrogens is 5. The van der Waals surface area contributed by atoms with E-state index in [9.17, 15) is 9.18 Å². The second-order valence-corrected chi connectivity index (χ2v) is 5.52. The molecule has 0 radical (unpaired) electrons. The summed E-state index contributed by atoms with van der Waals surface area (Å²) in [6, 6.07) is 4.07. The minimum Gasteiger partial charge on any atom is -0.288 e. The Kier molecular flexibility index (Phi) is 3.48. The van der Waals surface area contributed by atoms with Crippen molar-refractivity contribution in [2.45, 2.75) is 19.9 Å². The molecule has 2 aromatic heterocycles. The highest BCUT2D eigenvalue weighted by Crippen LogP contribution is 2.23. The van der Waals surface area contributed by atoms with Gasteiger partial charge in [-0.15, -0.1) is 0 Å². The molecule has 6 nitrogen and oxygen atoms in total. The number of nitrogens with zero attached hydrogens (tertiary/aromatic N) is 5. The van der Waals surface area contributed by atoms with Gasteiger partial charge in [0, 0.05) is 7.05 Å². The van der Waals surface area contributed by atoms with Gasteiger partial charge in [-0.2, -0.15) is 5.10 Å². The van der Waals surface area contributed by atoms with E-state index in [1.165, 1.54) is 29.4 Å². The Morgan fingerprint density at radius 3 is 2.64 bits per heavy atom. The predicted molar refractivity (Wildman–Crippen MR) is 79.9 cm³/mol. The van der Waals surface area contributed by atoms with Crippen LogP contribution in [0, 0.1) is 11.7 Å². The molecule has 0 N–H and O–H groups in total. The first kappa shape index (κ1) is 14.4. The lowest BCUT2D eigenvalue weighted by atomic mass is 10.0. The van der Waals surface area contributed by atoms with Crippen molar-refractivity contribution in [1.29, 1.82) is 0 Å². The lowest BCUT2D eigenvalue weighted by Crippen LogP contribution is -2.31. The third-order valence-corrected chi connectivity index (χ3v) is 3.71. The highest BCUT2D eigenvalue weighted by molar-refractivity contribution is 5.77. The van der Waals surface area contributed by atoms with E-state index in [0.29, 0.717) is 5.82 Å². The van der Waals surface area contributed by atoms with E-state index < -0.39 is 5.82 Å². The molecule has 0 aliphatic heterocycles. The minimum absolute atomic E-state index is 0.0872. The Hall–Kier alpha value is -2.57. The number of rotatable bonds is 3. The number of halogens is 1. The van der Waals surface area contributed by atoms with Gasteiger partial charge < -0.3 is 0 Å². The van der Waals surface area contributed by atoms with Crippen molar-refractivity contribution in [3.63, 3.8) is 0 Å². The van der Waals surface area contributed by atoms with Gasteiger partial charge in [0.25, 0.3) is 5.56 Å². The van der Waals surface area contributed by atoms with Crippen LogP contribution in [0.15, 0.2) is 35.6 Å². The fourth-order valence-electron chi connectivity index (χ4n) is 2.65. The smallest absolute Gasteiger partial charge is 0.261 e. The molecule has 0 aliphatic carbocycles. The van der Waals surface area contributed by atoms with Crippen LogP contribution in [-0.4, -0.2) is 24.3 Å². The van der Waals surface area contributed by atoms with Gasteiger partial charge in [0.1, 0.15) is 23.5 Å². The Balaban J connectivity index is 2.26. The number of hydrogen-bond acceptors (Lipinski definition) is 4. The molecule has 0 bridgehead atoms. The summed E-state index contributed by atoms with van der Waals surface area (Å²) in [5.74, 6) is 0.254. The average Bonchev–Trinajstić information content (AvgIpc) is 2.88. The molecular weight excluding hydrogens is 285 g/mol. The Morgan fingerprint density at radius 2 is 2.00 bits per heavy atom. The van der Waals surface area contributed by atoms with Crippen molar-refractivity contribution in [2.75, 3.05) is 0 Å². The molecule has 0 saturated carbocycles. The lowest BCUT2D eigenvalue weighted by molar-refractivity contribution is 0.391. The van der Waals surface area contributed by atoms with Gasteiger partial charge >= 0.3 is 0 Å². The van der Waals surface area contributed by atoms with Gasteiger partial charge in [-0.3, -0.25) is 14.0 Å². The standard InChI is InChI=1S/C15H16FN5O/c1-9(2)13(14-17-7-19-20(14)3)21-8-18-12-10(15(21)22)5-4-6-11(12)16/h4-9,13H,1-3H3/t13-/m1/s1. The van der Waals surface area contributed by atoms with Crippen LogP contribution in [0.2, 0.25) is 0 Å². The summed E-state index contributed by atoms with van der Waals surface area (Å²) in [7, 11) is 1.77. The summed E-state index contributed by atoms with van der Waals surface area (Å²) >= 11 is 0. The number of benzene rings is 1. The first-order valence-corrected chi connectivity index (χ1v) is 7.00. The van der Waals surface area contributed by atoms with Crippen molar-refractivity contribution in [1.82, 2.24) is 24.3 Å². The quantitative estimate of drug-likeness (QED) is 0.741. The van der Waals surface area contributed by atoms with Gasteiger partial charge in [-0.05, 0) is 18.1 Å². The monoisotopic (exact) mass is 301 g/mol. The van der Waals surface area contributed by atoms with E-state index in [2.05, 4.69) is 15.1 Å². The molecular formula is C15H16FN5O. The Morgan fingerprint density at radius 1 is 1.23 bits per heavy atom. The molecule has 22 heavy (non-hydrogen) atoms. The van der Waals surface area contributed by atoms with Crippen LogP contribution in [0.25, 0.3) is 10.9 Å². The largest absolute Gasteiger partial charge is 0.288 e. The summed E-state index contributed by atoms with van der Waals surface area (Å²) in [5, 5.41) is 4.32. The van der Waals surface area contributed by atoms with E-state index in [1.807, 2.05) is 13.8 Å². The van der Waals surface area contributed by atoms with Crippen LogP contribution in [0.1, 0.15) is 25.7 Å². The van der Waals surface area contributed by atoms with E-state index in [-0.39, 0.29) is 28.4 Å². The maximum absolute atomic E-state index is 13.8. The number of hydrogen-bond donors (Lipinski definition) is 0. The van der Waals surface area contributed by atoms with Crippen LogP contribution in [-0.2, 0) is 7.05 Å². The van der Waals surface area contributed by atoms with E-state index in [4.69, 9.17) is 0 Å². The molecule has 0 spiro atoms. The maximum Gasteiger partial charge on any atom is 0.261 e. The zero-order chi connectivity index (χ0) is 15.9. The maximum atomic E-state index is 13.8. The first-order valence-electron chi connectivity index (χ1n) is 7.00. The summed E-state index contributed by atoms with van der Waals surface area (Å²) in [4.78, 5) is 21.1. The summed E-state index contributed by atoms with van der Waals surface area (Å²) in [6.45, 7) is 3.98. The van der Waals surface area contributed by atoms with Gasteiger partial charge in [-0.1, -0.05) is 19.9 Å². The molecule has 2 heterocycles. The fourth-order valence-corrected chi connectivity index (χ4v) is 2.65. The average molecular weight is 301 g/mol. The van der Waals surface area contributed by atoms with Crippen molar-refractivity contribution < 1.29 is 4.39 Å². The van der Waals surface area contributed by atoms with E-state index >= 15 is 0 Å². The van der Waals surface area contributed by atoms with Crippen LogP contribution in [0.5, 0.6) is 0 Å². The summed E-state index contributed by atoms with van der Waals surface area (Å²) in [6.07, 6.45) is 2.83. The molecule has 0 aliphatic rings. The molecule has 0 amide bonds. The van der Waals surface area contributed by atoms with Crippen molar-refractivity contribution >= 4 is 10.9 Å². The van der Waals surface area contributed by atoms with Crippen LogP contribution < -0.4 is 5.56 Å². The topological polar surface area (TPSA) is 65.6 Å². The summed E-state index contributed by atoms with van der Waals surface area (Å²) < 4.78 is 16.9. The zero-order valence-electron chi connectivity index (χ0n) is 12.6. The molecule has 7 heteroatoms. The Bertz CT molecular complexity index is 883. The highest BCUT2D eigenvalue weighted by atomic mass is 19.1. The molecule has 0 saturated heterocycles. The van der Waals surface area contributed by atoms with E-state index in [1.54, 1.807) is 17.8 Å². The summed E-state index contributed by atoms with van der Waals surface area (Å²) in [5.41, 5.74) is -0.199. The predicted octanol–water partition coefficient (Wildman–Crippen LogP) is 1.91. The van der Waals surface area contributed by atoms with Crippen LogP contribution >= 0.6 is 0 Å². The van der Waals surface area contributed by atoms with E-state index in [0.717, 1.165) is 0 Å². The molecule has 0 fully saturated rings. The molecule has 114 valence electrons. The van der Waals surface area contributed by atoms with Crippen LogP contribution in [0.4, 0.5) is 4.39 Å². The second-order valence-electron chi connectivity index (χ2n) is 5.52. The Labute approximate surface area is 126 Å². The van der Waals surface area contributed by atoms with Gasteiger partial charge in [0.15, 0.2) is 0 Å². The molecule has 1 atom stereocenters. The van der Waals surface area contributed by atoms with Crippen molar-refractivity contribution in [3.8, 4) is 0 Å². The van der Waals surface area contributed by atoms with Gasteiger partial charge in [0.05, 0.1) is 17.8 Å². The van der Waals surface area contributed by atoms with Crippen molar-refractivity contribution in [2.24, 2.45) is 13.0 Å². The van der Waals surface area contributed by atoms with Gasteiger partial charge in [-0.25, -0.2) is 14.4 Å². The normalized spacial score (nSPS) is 13.0. The lowest BCUT2D eigenvalue weighted by Gasteiger charge is -2.22.